The molecule has 0 saturated heterocycles. The van der Waals surface area contributed by atoms with Crippen molar-refractivity contribution >= 4 is 27.3 Å². The first-order chi connectivity index (χ1) is 11.4. The van der Waals surface area contributed by atoms with Gasteiger partial charge >= 0.3 is 0 Å². The average Bonchev–Trinajstić information content (AvgIpc) is 2.44. The third-order valence-corrected chi connectivity index (χ3v) is 4.91. The number of carbonyl (C=O) groups excluding carboxylic acids is 1. The van der Waals surface area contributed by atoms with E-state index in [2.05, 4.69) is 24.1 Å². The lowest BCUT2D eigenvalue weighted by molar-refractivity contribution is -0.121. The molecule has 0 aliphatic heterocycles. The Hall–Kier alpha value is -1.76. The van der Waals surface area contributed by atoms with Crippen LogP contribution in [0, 0.1) is 6.92 Å². The summed E-state index contributed by atoms with van der Waals surface area (Å²) in [7, 11) is -3.58. The zero-order valence-electron chi connectivity index (χ0n) is 16.4. The second kappa shape index (κ2) is 8.08. The number of hydrogen-bond donors (Lipinski definition) is 1. The largest absolute Gasteiger partial charge is 0.372 e. The molecule has 7 heteroatoms. The Balaban J connectivity index is 3.19. The SMILES string of the molecule is CCN(CC)c1ccc(N(CC(=O)NC(C)(C)C)S(C)(=O)=O)c(C)c1. The van der Waals surface area contributed by atoms with Gasteiger partial charge in [-0.1, -0.05) is 0 Å². The highest BCUT2D eigenvalue weighted by Gasteiger charge is 2.24. The summed E-state index contributed by atoms with van der Waals surface area (Å²) in [6.45, 7) is 13.1. The van der Waals surface area contributed by atoms with Gasteiger partial charge in [0.2, 0.25) is 15.9 Å². The minimum Gasteiger partial charge on any atom is -0.372 e. The summed E-state index contributed by atoms with van der Waals surface area (Å²) in [4.78, 5) is 14.4. The lowest BCUT2D eigenvalue weighted by Gasteiger charge is -2.28. The van der Waals surface area contributed by atoms with Gasteiger partial charge in [0, 0.05) is 24.3 Å². The lowest BCUT2D eigenvalue weighted by atomic mass is 10.1. The maximum absolute atomic E-state index is 12.3. The normalized spacial score (nSPS) is 12.0. The average molecular weight is 370 g/mol. The van der Waals surface area contributed by atoms with E-state index in [1.807, 2.05) is 39.8 Å². The molecule has 1 N–H and O–H groups in total. The van der Waals surface area contributed by atoms with Crippen LogP contribution >= 0.6 is 0 Å². The van der Waals surface area contributed by atoms with Crippen LogP contribution in [-0.4, -0.2) is 45.8 Å². The summed E-state index contributed by atoms with van der Waals surface area (Å²) in [6.07, 6.45) is 1.12. The zero-order chi connectivity index (χ0) is 19.4. The number of sulfonamides is 1. The van der Waals surface area contributed by atoms with Gasteiger partial charge in [-0.3, -0.25) is 9.10 Å². The molecule has 1 rings (SSSR count). The first kappa shape index (κ1) is 21.3. The molecule has 0 atom stereocenters. The van der Waals surface area contributed by atoms with Crippen molar-refractivity contribution in [3.05, 3.63) is 23.8 Å². The monoisotopic (exact) mass is 369 g/mol. The molecule has 0 radical (unpaired) electrons. The molecule has 0 aliphatic carbocycles. The van der Waals surface area contributed by atoms with Gasteiger partial charge in [-0.05, 0) is 65.3 Å². The molecule has 1 aromatic carbocycles. The van der Waals surface area contributed by atoms with Crippen molar-refractivity contribution in [2.45, 2.75) is 47.1 Å². The van der Waals surface area contributed by atoms with E-state index in [1.165, 1.54) is 0 Å². The van der Waals surface area contributed by atoms with Gasteiger partial charge in [-0.2, -0.15) is 0 Å². The predicted molar refractivity (Wildman–Crippen MR) is 105 cm³/mol. The molecule has 0 bridgehead atoms. The number of benzene rings is 1. The fourth-order valence-corrected chi connectivity index (χ4v) is 3.59. The quantitative estimate of drug-likeness (QED) is 0.802. The molecule has 0 unspecified atom stereocenters. The second-order valence-corrected chi connectivity index (χ2v) is 9.12. The zero-order valence-corrected chi connectivity index (χ0v) is 17.2. The molecule has 6 nitrogen and oxygen atoms in total. The van der Waals surface area contributed by atoms with Crippen molar-refractivity contribution in [2.24, 2.45) is 0 Å². The van der Waals surface area contributed by atoms with Crippen molar-refractivity contribution in [3.8, 4) is 0 Å². The standard InChI is InChI=1S/C18H31N3O3S/c1-8-20(9-2)15-10-11-16(14(3)12-15)21(25(7,23)24)13-17(22)19-18(4,5)6/h10-12H,8-9,13H2,1-7H3,(H,19,22). The minimum absolute atomic E-state index is 0.235. The Labute approximate surface area is 152 Å². The van der Waals surface area contributed by atoms with Gasteiger partial charge in [-0.25, -0.2) is 8.42 Å². The highest BCUT2D eigenvalue weighted by Crippen LogP contribution is 2.27. The summed E-state index contributed by atoms with van der Waals surface area (Å²) in [6, 6.07) is 5.63. The maximum Gasteiger partial charge on any atom is 0.241 e. The number of nitrogens with one attached hydrogen (secondary N) is 1. The third-order valence-electron chi connectivity index (χ3n) is 3.78. The van der Waals surface area contributed by atoms with Crippen molar-refractivity contribution in [2.75, 3.05) is 35.1 Å². The van der Waals surface area contributed by atoms with Crippen LogP contribution in [0.5, 0.6) is 0 Å². The van der Waals surface area contributed by atoms with E-state index in [-0.39, 0.29) is 12.5 Å². The van der Waals surface area contributed by atoms with Crippen LogP contribution in [0.1, 0.15) is 40.2 Å². The van der Waals surface area contributed by atoms with Crippen LogP contribution in [-0.2, 0) is 14.8 Å². The fraction of sp³-hybridized carbons (Fsp3) is 0.611. The molecule has 0 aromatic heterocycles. The van der Waals surface area contributed by atoms with Crippen LogP contribution in [0.2, 0.25) is 0 Å². The Morgan fingerprint density at radius 1 is 1.16 bits per heavy atom. The van der Waals surface area contributed by atoms with E-state index in [0.717, 1.165) is 34.9 Å². The Morgan fingerprint density at radius 2 is 1.72 bits per heavy atom. The van der Waals surface area contributed by atoms with Gasteiger partial charge in [-0.15, -0.1) is 0 Å². The molecule has 0 aliphatic rings. The van der Waals surface area contributed by atoms with E-state index < -0.39 is 15.6 Å². The summed E-state index contributed by atoms with van der Waals surface area (Å²) < 4.78 is 25.7. The molecular formula is C18H31N3O3S. The molecular weight excluding hydrogens is 338 g/mol. The van der Waals surface area contributed by atoms with Crippen LogP contribution < -0.4 is 14.5 Å². The van der Waals surface area contributed by atoms with Crippen molar-refractivity contribution in [3.63, 3.8) is 0 Å². The van der Waals surface area contributed by atoms with E-state index in [9.17, 15) is 13.2 Å². The summed E-state index contributed by atoms with van der Waals surface area (Å²) in [5.41, 5.74) is 1.97. The Morgan fingerprint density at radius 3 is 2.12 bits per heavy atom. The molecule has 142 valence electrons. The van der Waals surface area contributed by atoms with Crippen LogP contribution in [0.15, 0.2) is 18.2 Å². The molecule has 25 heavy (non-hydrogen) atoms. The first-order valence-electron chi connectivity index (χ1n) is 8.53. The molecule has 1 amide bonds. The number of aryl methyl sites for hydroxylation is 1. The van der Waals surface area contributed by atoms with Gasteiger partial charge in [0.1, 0.15) is 6.54 Å². The smallest absolute Gasteiger partial charge is 0.241 e. The van der Waals surface area contributed by atoms with E-state index in [0.29, 0.717) is 5.69 Å². The van der Waals surface area contributed by atoms with Gasteiger partial charge in [0.05, 0.1) is 11.9 Å². The Bertz CT molecular complexity index is 705. The van der Waals surface area contributed by atoms with Crippen LogP contribution in [0.4, 0.5) is 11.4 Å². The molecule has 0 saturated carbocycles. The Kier molecular flexibility index (Phi) is 6.88. The molecule has 0 heterocycles. The number of rotatable bonds is 7. The summed E-state index contributed by atoms with van der Waals surface area (Å²) >= 11 is 0. The number of anilines is 2. The fourth-order valence-electron chi connectivity index (χ4n) is 2.67. The summed E-state index contributed by atoms with van der Waals surface area (Å²) in [5, 5.41) is 2.81. The van der Waals surface area contributed by atoms with E-state index >= 15 is 0 Å². The molecule has 0 fully saturated rings. The van der Waals surface area contributed by atoms with Gasteiger partial charge in [0.25, 0.3) is 0 Å². The van der Waals surface area contributed by atoms with Crippen molar-refractivity contribution in [1.29, 1.82) is 0 Å². The van der Waals surface area contributed by atoms with E-state index in [4.69, 9.17) is 0 Å². The van der Waals surface area contributed by atoms with Crippen molar-refractivity contribution in [1.82, 2.24) is 5.32 Å². The number of carbonyl (C=O) groups is 1. The molecule has 0 spiro atoms. The maximum atomic E-state index is 12.3. The molecule has 1 aromatic rings. The highest BCUT2D eigenvalue weighted by atomic mass is 32.2. The van der Waals surface area contributed by atoms with E-state index in [1.54, 1.807) is 6.07 Å². The minimum atomic E-state index is -3.58. The topological polar surface area (TPSA) is 69.7 Å². The second-order valence-electron chi connectivity index (χ2n) is 7.21. The van der Waals surface area contributed by atoms with Crippen LogP contribution in [0.25, 0.3) is 0 Å². The van der Waals surface area contributed by atoms with Crippen LogP contribution in [0.3, 0.4) is 0 Å². The number of amides is 1. The van der Waals surface area contributed by atoms with Gasteiger partial charge in [0.15, 0.2) is 0 Å². The van der Waals surface area contributed by atoms with Gasteiger partial charge < -0.3 is 10.2 Å². The highest BCUT2D eigenvalue weighted by molar-refractivity contribution is 7.92. The predicted octanol–water partition coefficient (Wildman–Crippen LogP) is 2.52. The lowest BCUT2D eigenvalue weighted by Crippen LogP contribution is -2.47. The van der Waals surface area contributed by atoms with Crippen molar-refractivity contribution < 1.29 is 13.2 Å². The number of hydrogen-bond acceptors (Lipinski definition) is 4. The number of nitrogens with zero attached hydrogens (tertiary/aromatic N) is 2. The third kappa shape index (κ3) is 6.23. The summed E-state index contributed by atoms with van der Waals surface area (Å²) in [5.74, 6) is -0.329. The first-order valence-corrected chi connectivity index (χ1v) is 10.4.